The van der Waals surface area contributed by atoms with Crippen molar-refractivity contribution in [3.8, 4) is 0 Å². The van der Waals surface area contributed by atoms with Gasteiger partial charge in [-0.3, -0.25) is 0 Å². The Morgan fingerprint density at radius 1 is 1.35 bits per heavy atom. The van der Waals surface area contributed by atoms with Crippen LogP contribution in [0.15, 0.2) is 18.2 Å². The summed E-state index contributed by atoms with van der Waals surface area (Å²) >= 11 is 0. The lowest BCUT2D eigenvalue weighted by Gasteiger charge is -2.27. The standard InChI is InChI=1S/C14H19FN2/c1-2-16-7-4-8-17-12(10-16)9-11-5-3-6-13(15)14(11)17/h3,5-6,12H,2,4,7-10H2,1H3. The van der Waals surface area contributed by atoms with Crippen LogP contribution in [0.5, 0.6) is 0 Å². The second-order valence-electron chi connectivity index (χ2n) is 5.05. The Labute approximate surface area is 102 Å². The fourth-order valence-electron chi connectivity index (χ4n) is 3.19. The molecule has 0 amide bonds. The molecular weight excluding hydrogens is 215 g/mol. The summed E-state index contributed by atoms with van der Waals surface area (Å²) in [5, 5.41) is 0. The molecule has 1 fully saturated rings. The van der Waals surface area contributed by atoms with E-state index in [1.807, 2.05) is 6.07 Å². The molecule has 1 aromatic rings. The number of hydrogen-bond acceptors (Lipinski definition) is 2. The highest BCUT2D eigenvalue weighted by Crippen LogP contribution is 2.35. The molecule has 3 heteroatoms. The van der Waals surface area contributed by atoms with Gasteiger partial charge in [0.15, 0.2) is 0 Å². The third-order valence-electron chi connectivity index (χ3n) is 4.04. The number of para-hydroxylation sites is 1. The highest BCUT2D eigenvalue weighted by atomic mass is 19.1. The lowest BCUT2D eigenvalue weighted by atomic mass is 10.1. The van der Waals surface area contributed by atoms with Gasteiger partial charge in [-0.05, 0) is 37.6 Å². The number of fused-ring (bicyclic) bond motifs is 3. The number of anilines is 1. The Morgan fingerprint density at radius 2 is 2.24 bits per heavy atom. The zero-order valence-electron chi connectivity index (χ0n) is 10.3. The topological polar surface area (TPSA) is 6.48 Å². The third-order valence-corrected chi connectivity index (χ3v) is 4.04. The van der Waals surface area contributed by atoms with Gasteiger partial charge in [-0.2, -0.15) is 0 Å². The van der Waals surface area contributed by atoms with E-state index in [0.717, 1.165) is 44.7 Å². The van der Waals surface area contributed by atoms with Crippen molar-refractivity contribution >= 4 is 5.69 Å². The van der Waals surface area contributed by atoms with Crippen molar-refractivity contribution < 1.29 is 4.39 Å². The van der Waals surface area contributed by atoms with Crippen LogP contribution in [0.3, 0.4) is 0 Å². The molecule has 1 saturated heterocycles. The van der Waals surface area contributed by atoms with E-state index in [4.69, 9.17) is 0 Å². The van der Waals surface area contributed by atoms with E-state index in [0.29, 0.717) is 6.04 Å². The van der Waals surface area contributed by atoms with Crippen molar-refractivity contribution in [1.29, 1.82) is 0 Å². The van der Waals surface area contributed by atoms with Crippen molar-refractivity contribution in [2.75, 3.05) is 31.1 Å². The predicted octanol–water partition coefficient (Wildman–Crippen LogP) is 2.28. The van der Waals surface area contributed by atoms with Crippen LogP contribution >= 0.6 is 0 Å². The summed E-state index contributed by atoms with van der Waals surface area (Å²) in [7, 11) is 0. The zero-order valence-corrected chi connectivity index (χ0v) is 10.3. The first-order valence-corrected chi connectivity index (χ1v) is 6.56. The predicted molar refractivity (Wildman–Crippen MR) is 68.0 cm³/mol. The molecule has 1 aromatic carbocycles. The maximum absolute atomic E-state index is 13.9. The number of likely N-dealkylation sites (N-methyl/N-ethyl adjacent to an activating group) is 1. The molecular formula is C14H19FN2. The minimum absolute atomic E-state index is 0.0463. The number of rotatable bonds is 1. The van der Waals surface area contributed by atoms with E-state index in [-0.39, 0.29) is 5.82 Å². The van der Waals surface area contributed by atoms with Gasteiger partial charge < -0.3 is 9.80 Å². The molecule has 0 aliphatic carbocycles. The summed E-state index contributed by atoms with van der Waals surface area (Å²) in [6.07, 6.45) is 2.14. The monoisotopic (exact) mass is 234 g/mol. The molecule has 3 rings (SSSR count). The average molecular weight is 234 g/mol. The molecule has 17 heavy (non-hydrogen) atoms. The van der Waals surface area contributed by atoms with Gasteiger partial charge in [0.25, 0.3) is 0 Å². The largest absolute Gasteiger partial charge is 0.364 e. The summed E-state index contributed by atoms with van der Waals surface area (Å²) in [5.74, 6) is -0.0463. The molecule has 2 nitrogen and oxygen atoms in total. The van der Waals surface area contributed by atoms with Gasteiger partial charge in [-0.1, -0.05) is 19.1 Å². The molecule has 0 aromatic heterocycles. The Morgan fingerprint density at radius 3 is 3.06 bits per heavy atom. The maximum Gasteiger partial charge on any atom is 0.146 e. The van der Waals surface area contributed by atoms with E-state index in [1.54, 1.807) is 6.07 Å². The molecule has 0 N–H and O–H groups in total. The van der Waals surface area contributed by atoms with E-state index in [9.17, 15) is 4.39 Å². The molecule has 2 aliphatic rings. The lowest BCUT2D eigenvalue weighted by molar-refractivity contribution is 0.288. The van der Waals surface area contributed by atoms with Crippen LogP contribution in [0.2, 0.25) is 0 Å². The summed E-state index contributed by atoms with van der Waals surface area (Å²) in [6.45, 7) is 6.52. The van der Waals surface area contributed by atoms with Gasteiger partial charge >= 0.3 is 0 Å². The molecule has 92 valence electrons. The Bertz CT molecular complexity index is 419. The van der Waals surface area contributed by atoms with Gasteiger partial charge in [-0.25, -0.2) is 4.39 Å². The van der Waals surface area contributed by atoms with Gasteiger partial charge in [-0.15, -0.1) is 0 Å². The van der Waals surface area contributed by atoms with E-state index in [2.05, 4.69) is 22.8 Å². The first-order chi connectivity index (χ1) is 8.29. The first kappa shape index (κ1) is 11.0. The molecule has 1 unspecified atom stereocenters. The van der Waals surface area contributed by atoms with Crippen molar-refractivity contribution in [1.82, 2.24) is 4.90 Å². The third kappa shape index (κ3) is 1.82. The second kappa shape index (κ2) is 4.30. The quantitative estimate of drug-likeness (QED) is 0.735. The number of nitrogens with zero attached hydrogens (tertiary/aromatic N) is 2. The normalized spacial score (nSPS) is 24.4. The van der Waals surface area contributed by atoms with Gasteiger partial charge in [0.1, 0.15) is 5.82 Å². The van der Waals surface area contributed by atoms with Crippen LogP contribution in [0.25, 0.3) is 0 Å². The highest BCUT2D eigenvalue weighted by Gasteiger charge is 2.33. The highest BCUT2D eigenvalue weighted by molar-refractivity contribution is 5.60. The van der Waals surface area contributed by atoms with E-state index in [1.165, 1.54) is 5.56 Å². The number of benzene rings is 1. The maximum atomic E-state index is 13.9. The molecule has 0 bridgehead atoms. The lowest BCUT2D eigenvalue weighted by Crippen LogP contribution is -2.39. The summed E-state index contributed by atoms with van der Waals surface area (Å²) in [4.78, 5) is 4.77. The first-order valence-electron chi connectivity index (χ1n) is 6.56. The molecule has 0 saturated carbocycles. The van der Waals surface area contributed by atoms with Crippen molar-refractivity contribution in [3.05, 3.63) is 29.6 Å². The summed E-state index contributed by atoms with van der Waals surface area (Å²) < 4.78 is 13.9. The van der Waals surface area contributed by atoms with Crippen LogP contribution in [-0.4, -0.2) is 37.1 Å². The van der Waals surface area contributed by atoms with Crippen LogP contribution in [0.1, 0.15) is 18.9 Å². The Hall–Kier alpha value is -1.09. The number of halogens is 1. The van der Waals surface area contributed by atoms with Crippen molar-refractivity contribution in [2.24, 2.45) is 0 Å². The summed E-state index contributed by atoms with van der Waals surface area (Å²) in [5.41, 5.74) is 2.06. The second-order valence-corrected chi connectivity index (χ2v) is 5.05. The van der Waals surface area contributed by atoms with E-state index >= 15 is 0 Å². The molecule has 1 atom stereocenters. The molecule has 2 heterocycles. The smallest absolute Gasteiger partial charge is 0.146 e. The minimum Gasteiger partial charge on any atom is -0.364 e. The zero-order chi connectivity index (χ0) is 11.8. The van der Waals surface area contributed by atoms with Gasteiger partial charge in [0.05, 0.1) is 5.69 Å². The summed E-state index contributed by atoms with van der Waals surface area (Å²) in [6, 6.07) is 5.97. The van der Waals surface area contributed by atoms with E-state index < -0.39 is 0 Å². The minimum atomic E-state index is -0.0463. The fraction of sp³-hybridized carbons (Fsp3) is 0.571. The Balaban J connectivity index is 1.92. The molecule has 2 aliphatic heterocycles. The van der Waals surface area contributed by atoms with Crippen LogP contribution < -0.4 is 4.90 Å². The average Bonchev–Trinajstić information content (AvgIpc) is 2.55. The van der Waals surface area contributed by atoms with Crippen LogP contribution in [0, 0.1) is 5.82 Å². The number of hydrogen-bond donors (Lipinski definition) is 0. The van der Waals surface area contributed by atoms with Crippen LogP contribution in [0.4, 0.5) is 10.1 Å². The van der Waals surface area contributed by atoms with Crippen LogP contribution in [-0.2, 0) is 6.42 Å². The van der Waals surface area contributed by atoms with Crippen molar-refractivity contribution in [2.45, 2.75) is 25.8 Å². The molecule has 0 spiro atoms. The fourth-order valence-corrected chi connectivity index (χ4v) is 3.19. The van der Waals surface area contributed by atoms with Gasteiger partial charge in [0.2, 0.25) is 0 Å². The molecule has 0 radical (unpaired) electrons. The van der Waals surface area contributed by atoms with Crippen molar-refractivity contribution in [3.63, 3.8) is 0 Å². The SMILES string of the molecule is CCN1CCCN2c3c(F)cccc3CC2C1. The Kier molecular flexibility index (Phi) is 2.79. The van der Waals surface area contributed by atoms with Gasteiger partial charge in [0, 0.05) is 19.1 Å².